The van der Waals surface area contributed by atoms with Crippen LogP contribution in [0.5, 0.6) is 0 Å². The molecule has 1 heterocycles. The molecule has 5 heteroatoms. The molecule has 0 aromatic carbocycles. The van der Waals surface area contributed by atoms with Crippen LogP contribution in [-0.4, -0.2) is 41.0 Å². The standard InChI is InChI=1S/C27H49N3O2/c1-2-3-4-5-6-7-8-9-10-11-12-13-14-15-16-17-18-19-20-26-29-22-24-30(26,23-21-28)25-27(31)32/h15-16,22,24H,2-14,17-21,23,25,28H2,1H3/p+1/b16-15+. The van der Waals surface area contributed by atoms with E-state index in [2.05, 4.69) is 24.1 Å². The Bertz CT molecular complexity index is 571. The van der Waals surface area contributed by atoms with Crippen LogP contribution in [0.1, 0.15) is 116 Å². The molecule has 184 valence electrons. The van der Waals surface area contributed by atoms with E-state index in [-0.39, 0.29) is 6.54 Å². The van der Waals surface area contributed by atoms with Gasteiger partial charge in [-0.15, -0.1) is 0 Å². The third-order valence-corrected chi connectivity index (χ3v) is 6.45. The number of amidine groups is 1. The molecule has 1 aliphatic heterocycles. The summed E-state index contributed by atoms with van der Waals surface area (Å²) in [6.45, 7) is 3.37. The van der Waals surface area contributed by atoms with Crippen LogP contribution in [0.15, 0.2) is 29.5 Å². The highest BCUT2D eigenvalue weighted by molar-refractivity contribution is 5.81. The average molecular weight is 449 g/mol. The first-order valence-corrected chi connectivity index (χ1v) is 13.3. The van der Waals surface area contributed by atoms with E-state index in [4.69, 9.17) is 5.73 Å². The van der Waals surface area contributed by atoms with Gasteiger partial charge in [0.15, 0.2) is 6.54 Å². The lowest BCUT2D eigenvalue weighted by Gasteiger charge is -2.30. The van der Waals surface area contributed by atoms with E-state index in [9.17, 15) is 9.90 Å². The molecule has 3 N–H and O–H groups in total. The van der Waals surface area contributed by atoms with Gasteiger partial charge in [0.1, 0.15) is 12.7 Å². The third-order valence-electron chi connectivity index (χ3n) is 6.45. The van der Waals surface area contributed by atoms with Crippen molar-refractivity contribution in [1.82, 2.24) is 0 Å². The second kappa shape index (κ2) is 19.0. The molecule has 1 atom stereocenters. The highest BCUT2D eigenvalue weighted by Gasteiger charge is 2.36. The quantitative estimate of drug-likeness (QED) is 0.107. The Labute approximate surface area is 197 Å². The molecule has 32 heavy (non-hydrogen) atoms. The maximum absolute atomic E-state index is 11.3. The van der Waals surface area contributed by atoms with Gasteiger partial charge in [-0.2, -0.15) is 0 Å². The summed E-state index contributed by atoms with van der Waals surface area (Å²) in [5.74, 6) is 0.136. The SMILES string of the molecule is CCCCCCCCCCCCCC/C=C/CCCCC1=NC=C[N+]1(CCN)CC(=O)O. The summed E-state index contributed by atoms with van der Waals surface area (Å²) in [6.07, 6.45) is 30.3. The highest BCUT2D eigenvalue weighted by Crippen LogP contribution is 2.21. The van der Waals surface area contributed by atoms with Gasteiger partial charge in [0.25, 0.3) is 0 Å². The number of carbonyl (C=O) groups is 1. The van der Waals surface area contributed by atoms with Gasteiger partial charge in [0.2, 0.25) is 5.84 Å². The van der Waals surface area contributed by atoms with Crippen LogP contribution < -0.4 is 5.73 Å². The summed E-state index contributed by atoms with van der Waals surface area (Å²) < 4.78 is 0.292. The molecule has 0 fully saturated rings. The minimum atomic E-state index is -0.807. The number of carboxylic acid groups (broad SMARTS) is 1. The van der Waals surface area contributed by atoms with Crippen molar-refractivity contribution in [2.24, 2.45) is 10.7 Å². The Hall–Kier alpha value is -1.46. The van der Waals surface area contributed by atoms with E-state index < -0.39 is 5.97 Å². The van der Waals surface area contributed by atoms with Gasteiger partial charge in [-0.05, 0) is 32.1 Å². The summed E-state index contributed by atoms with van der Waals surface area (Å²) in [5, 5.41) is 9.26. The molecule has 0 saturated heterocycles. The molecule has 0 aliphatic carbocycles. The summed E-state index contributed by atoms with van der Waals surface area (Å²) in [4.78, 5) is 15.7. The van der Waals surface area contributed by atoms with E-state index in [0.29, 0.717) is 17.6 Å². The number of allylic oxidation sites excluding steroid dienone is 2. The molecule has 0 amide bonds. The van der Waals surface area contributed by atoms with Crippen molar-refractivity contribution in [3.63, 3.8) is 0 Å². The van der Waals surface area contributed by atoms with E-state index in [0.717, 1.165) is 31.5 Å². The molecule has 0 spiro atoms. The first kappa shape index (κ1) is 28.6. The zero-order valence-electron chi connectivity index (χ0n) is 20.8. The topological polar surface area (TPSA) is 75.7 Å². The largest absolute Gasteiger partial charge is 0.477 e. The van der Waals surface area contributed by atoms with Gasteiger partial charge in [-0.1, -0.05) is 89.7 Å². The Kier molecular flexibility index (Phi) is 17.0. The van der Waals surface area contributed by atoms with Crippen LogP contribution in [0.2, 0.25) is 0 Å². The number of nitrogens with zero attached hydrogens (tertiary/aromatic N) is 2. The molecular weight excluding hydrogens is 398 g/mol. The first-order valence-electron chi connectivity index (χ1n) is 13.3. The number of nitrogens with two attached hydrogens (primary N) is 1. The van der Waals surface area contributed by atoms with Crippen molar-refractivity contribution in [1.29, 1.82) is 0 Å². The molecule has 0 bridgehead atoms. The van der Waals surface area contributed by atoms with Gasteiger partial charge in [0.05, 0.1) is 6.20 Å². The third kappa shape index (κ3) is 13.2. The Morgan fingerprint density at radius 3 is 1.97 bits per heavy atom. The van der Waals surface area contributed by atoms with E-state index in [1.165, 1.54) is 83.5 Å². The monoisotopic (exact) mass is 448 g/mol. The summed E-state index contributed by atoms with van der Waals surface area (Å²) in [6, 6.07) is 0. The summed E-state index contributed by atoms with van der Waals surface area (Å²) in [5.41, 5.74) is 5.72. The first-order chi connectivity index (χ1) is 15.6. The fourth-order valence-corrected chi connectivity index (χ4v) is 4.52. The Balaban J connectivity index is 1.97. The summed E-state index contributed by atoms with van der Waals surface area (Å²) in [7, 11) is 0. The Morgan fingerprint density at radius 1 is 0.906 bits per heavy atom. The number of hydrogen-bond acceptors (Lipinski definition) is 3. The van der Waals surface area contributed by atoms with Crippen molar-refractivity contribution >= 4 is 11.8 Å². The van der Waals surface area contributed by atoms with Crippen molar-refractivity contribution < 1.29 is 14.4 Å². The molecule has 0 saturated carbocycles. The van der Waals surface area contributed by atoms with Gasteiger partial charge in [-0.3, -0.25) is 0 Å². The zero-order valence-corrected chi connectivity index (χ0v) is 20.8. The van der Waals surface area contributed by atoms with Crippen molar-refractivity contribution in [2.45, 2.75) is 116 Å². The average Bonchev–Trinajstić information content (AvgIpc) is 3.14. The molecule has 0 radical (unpaired) electrons. The molecule has 0 aromatic heterocycles. The van der Waals surface area contributed by atoms with Crippen LogP contribution in [0, 0.1) is 0 Å². The van der Waals surface area contributed by atoms with E-state index in [1.54, 1.807) is 6.20 Å². The minimum Gasteiger partial charge on any atom is -0.477 e. The molecular formula is C27H50N3O2+. The van der Waals surface area contributed by atoms with Crippen molar-refractivity contribution in [2.75, 3.05) is 19.6 Å². The van der Waals surface area contributed by atoms with Crippen LogP contribution in [-0.2, 0) is 4.79 Å². The van der Waals surface area contributed by atoms with Gasteiger partial charge < -0.3 is 10.8 Å². The van der Waals surface area contributed by atoms with Gasteiger partial charge in [0, 0.05) is 13.0 Å². The number of aliphatic imine (C=N–C) groups is 1. The second-order valence-electron chi connectivity index (χ2n) is 9.34. The molecule has 0 aromatic rings. The lowest BCUT2D eigenvalue weighted by Crippen LogP contribution is -2.52. The van der Waals surface area contributed by atoms with E-state index in [1.807, 2.05) is 6.20 Å². The predicted molar refractivity (Wildman–Crippen MR) is 137 cm³/mol. The van der Waals surface area contributed by atoms with Gasteiger partial charge in [-0.25, -0.2) is 14.3 Å². The van der Waals surface area contributed by atoms with Crippen molar-refractivity contribution in [3.05, 3.63) is 24.6 Å². The van der Waals surface area contributed by atoms with Crippen LogP contribution >= 0.6 is 0 Å². The fourth-order valence-electron chi connectivity index (χ4n) is 4.52. The maximum Gasteiger partial charge on any atom is 0.360 e. The fraction of sp³-hybridized carbons (Fsp3) is 0.778. The molecule has 1 rings (SSSR count). The lowest BCUT2D eigenvalue weighted by atomic mass is 10.0. The zero-order chi connectivity index (χ0) is 23.3. The van der Waals surface area contributed by atoms with Crippen LogP contribution in [0.25, 0.3) is 0 Å². The lowest BCUT2D eigenvalue weighted by molar-refractivity contribution is -0.778. The van der Waals surface area contributed by atoms with E-state index >= 15 is 0 Å². The van der Waals surface area contributed by atoms with Crippen LogP contribution in [0.4, 0.5) is 0 Å². The highest BCUT2D eigenvalue weighted by atomic mass is 16.4. The summed E-state index contributed by atoms with van der Waals surface area (Å²) >= 11 is 0. The molecule has 1 aliphatic rings. The number of rotatable bonds is 22. The number of aliphatic carboxylic acids is 1. The maximum atomic E-state index is 11.3. The normalized spacial score (nSPS) is 18.0. The number of unbranched alkanes of at least 4 members (excludes halogenated alkanes) is 14. The number of quaternary nitrogens is 1. The predicted octanol–water partition coefficient (Wildman–Crippen LogP) is 6.94. The minimum absolute atomic E-state index is 0.0332. The van der Waals surface area contributed by atoms with Gasteiger partial charge >= 0.3 is 5.97 Å². The molecule has 1 unspecified atom stereocenters. The van der Waals surface area contributed by atoms with Crippen molar-refractivity contribution in [3.8, 4) is 0 Å². The van der Waals surface area contributed by atoms with Crippen LogP contribution in [0.3, 0.4) is 0 Å². The number of hydrogen-bond donors (Lipinski definition) is 2. The molecule has 5 nitrogen and oxygen atoms in total. The smallest absolute Gasteiger partial charge is 0.360 e. The number of carboxylic acids is 1. The second-order valence-corrected chi connectivity index (χ2v) is 9.34. The Morgan fingerprint density at radius 2 is 1.44 bits per heavy atom.